The standard InChI is InChI=1S/C15H18FN3O/c1-9-10(4-6-20-9)8-19-15-12(16)7-13(17)11-3-2-5-18-14(11)15/h2-3,5,7,9-10,19H,4,6,8,17H2,1H3. The lowest BCUT2D eigenvalue weighted by molar-refractivity contribution is 0.108. The minimum Gasteiger partial charge on any atom is -0.398 e. The van der Waals surface area contributed by atoms with Crippen LogP contribution < -0.4 is 11.1 Å². The number of fused-ring (bicyclic) bond motifs is 1. The van der Waals surface area contributed by atoms with Gasteiger partial charge in [0.1, 0.15) is 0 Å². The Balaban J connectivity index is 1.90. The Morgan fingerprint density at radius 1 is 1.55 bits per heavy atom. The molecule has 0 aliphatic carbocycles. The van der Waals surface area contributed by atoms with Crippen molar-refractivity contribution in [1.29, 1.82) is 0 Å². The summed E-state index contributed by atoms with van der Waals surface area (Å²) in [5.41, 5.74) is 7.25. The predicted molar refractivity (Wildman–Crippen MR) is 78.1 cm³/mol. The molecule has 1 aromatic heterocycles. The van der Waals surface area contributed by atoms with Crippen molar-refractivity contribution < 1.29 is 9.13 Å². The molecule has 4 nitrogen and oxygen atoms in total. The number of hydrogen-bond donors (Lipinski definition) is 2. The number of hydrogen-bond acceptors (Lipinski definition) is 4. The first-order valence-corrected chi connectivity index (χ1v) is 6.85. The van der Waals surface area contributed by atoms with Crippen LogP contribution in [0.5, 0.6) is 0 Å². The van der Waals surface area contributed by atoms with Crippen LogP contribution in [-0.4, -0.2) is 24.2 Å². The van der Waals surface area contributed by atoms with E-state index in [0.717, 1.165) is 18.4 Å². The molecule has 2 heterocycles. The molecule has 0 radical (unpaired) electrons. The van der Waals surface area contributed by atoms with Crippen LogP contribution >= 0.6 is 0 Å². The number of ether oxygens (including phenoxy) is 1. The van der Waals surface area contributed by atoms with Crippen molar-refractivity contribution in [2.45, 2.75) is 19.4 Å². The van der Waals surface area contributed by atoms with Gasteiger partial charge in [-0.3, -0.25) is 4.98 Å². The van der Waals surface area contributed by atoms with Crippen molar-refractivity contribution >= 4 is 22.3 Å². The van der Waals surface area contributed by atoms with Gasteiger partial charge in [0.15, 0.2) is 5.82 Å². The maximum atomic E-state index is 14.1. The fourth-order valence-corrected chi connectivity index (χ4v) is 2.68. The highest BCUT2D eigenvalue weighted by molar-refractivity contribution is 5.98. The van der Waals surface area contributed by atoms with Crippen LogP contribution in [0.25, 0.3) is 10.9 Å². The second-order valence-electron chi connectivity index (χ2n) is 5.23. The van der Waals surface area contributed by atoms with E-state index >= 15 is 0 Å². The normalized spacial score (nSPS) is 22.3. The topological polar surface area (TPSA) is 60.2 Å². The molecule has 1 aliphatic heterocycles. The Morgan fingerprint density at radius 2 is 2.40 bits per heavy atom. The lowest BCUT2D eigenvalue weighted by Gasteiger charge is -2.17. The Bertz CT molecular complexity index is 632. The van der Waals surface area contributed by atoms with Gasteiger partial charge in [0.25, 0.3) is 0 Å². The SMILES string of the molecule is CC1OCCC1CNc1c(F)cc(N)c2cccnc12. The smallest absolute Gasteiger partial charge is 0.150 e. The average molecular weight is 275 g/mol. The van der Waals surface area contributed by atoms with Crippen LogP contribution in [-0.2, 0) is 4.74 Å². The molecule has 106 valence electrons. The number of nitrogens with zero attached hydrogens (tertiary/aromatic N) is 1. The van der Waals surface area contributed by atoms with Gasteiger partial charge in [0.05, 0.1) is 17.3 Å². The zero-order valence-electron chi connectivity index (χ0n) is 11.4. The van der Waals surface area contributed by atoms with Crippen LogP contribution in [0.15, 0.2) is 24.4 Å². The van der Waals surface area contributed by atoms with Gasteiger partial charge in [0, 0.05) is 36.3 Å². The molecule has 1 aromatic carbocycles. The summed E-state index contributed by atoms with van der Waals surface area (Å²) in [6.07, 6.45) is 2.85. The number of halogens is 1. The summed E-state index contributed by atoms with van der Waals surface area (Å²) < 4.78 is 19.7. The van der Waals surface area contributed by atoms with Gasteiger partial charge in [-0.1, -0.05) is 0 Å². The van der Waals surface area contributed by atoms with Crippen LogP contribution in [0.1, 0.15) is 13.3 Å². The van der Waals surface area contributed by atoms with Crippen molar-refractivity contribution in [3.05, 3.63) is 30.2 Å². The number of aromatic nitrogens is 1. The number of pyridine rings is 1. The summed E-state index contributed by atoms with van der Waals surface area (Å²) in [4.78, 5) is 4.25. The Labute approximate surface area is 117 Å². The highest BCUT2D eigenvalue weighted by atomic mass is 19.1. The quantitative estimate of drug-likeness (QED) is 0.846. The summed E-state index contributed by atoms with van der Waals surface area (Å²) in [5, 5.41) is 3.95. The first-order valence-electron chi connectivity index (χ1n) is 6.85. The van der Waals surface area contributed by atoms with Crippen molar-refractivity contribution in [1.82, 2.24) is 4.98 Å². The zero-order chi connectivity index (χ0) is 14.1. The molecule has 2 atom stereocenters. The summed E-state index contributed by atoms with van der Waals surface area (Å²) in [7, 11) is 0. The Kier molecular flexibility index (Phi) is 3.44. The molecule has 2 aromatic rings. The molecule has 0 saturated carbocycles. The van der Waals surface area contributed by atoms with E-state index in [-0.39, 0.29) is 11.9 Å². The van der Waals surface area contributed by atoms with Crippen molar-refractivity contribution in [3.63, 3.8) is 0 Å². The molecule has 1 fully saturated rings. The van der Waals surface area contributed by atoms with E-state index in [4.69, 9.17) is 10.5 Å². The molecule has 2 unspecified atom stereocenters. The average Bonchev–Trinajstić information content (AvgIpc) is 2.84. The van der Waals surface area contributed by atoms with Crippen molar-refractivity contribution in [3.8, 4) is 0 Å². The first kappa shape index (κ1) is 13.1. The van der Waals surface area contributed by atoms with Crippen molar-refractivity contribution in [2.75, 3.05) is 24.2 Å². The number of rotatable bonds is 3. The minimum atomic E-state index is -0.361. The second-order valence-corrected chi connectivity index (χ2v) is 5.23. The molecule has 1 saturated heterocycles. The van der Waals surface area contributed by atoms with E-state index in [2.05, 4.69) is 17.2 Å². The van der Waals surface area contributed by atoms with Crippen LogP contribution in [0, 0.1) is 11.7 Å². The van der Waals surface area contributed by atoms with E-state index in [0.29, 0.717) is 29.4 Å². The number of nitrogens with two attached hydrogens (primary N) is 1. The summed E-state index contributed by atoms with van der Waals surface area (Å²) in [6.45, 7) is 3.50. The van der Waals surface area contributed by atoms with E-state index in [1.54, 1.807) is 12.3 Å². The van der Waals surface area contributed by atoms with Crippen LogP contribution in [0.2, 0.25) is 0 Å². The van der Waals surface area contributed by atoms with Gasteiger partial charge in [-0.25, -0.2) is 4.39 Å². The number of nitrogen functional groups attached to an aromatic ring is 1. The van der Waals surface area contributed by atoms with E-state index in [1.165, 1.54) is 6.07 Å². The first-order chi connectivity index (χ1) is 9.66. The summed E-state index contributed by atoms with van der Waals surface area (Å²) in [6, 6.07) is 5.00. The van der Waals surface area contributed by atoms with Gasteiger partial charge >= 0.3 is 0 Å². The molecule has 20 heavy (non-hydrogen) atoms. The van der Waals surface area contributed by atoms with Gasteiger partial charge in [-0.2, -0.15) is 0 Å². The zero-order valence-corrected chi connectivity index (χ0v) is 11.4. The molecular weight excluding hydrogens is 257 g/mol. The molecule has 5 heteroatoms. The van der Waals surface area contributed by atoms with Gasteiger partial charge in [-0.15, -0.1) is 0 Å². The summed E-state index contributed by atoms with van der Waals surface area (Å²) >= 11 is 0. The van der Waals surface area contributed by atoms with Gasteiger partial charge in [0.2, 0.25) is 0 Å². The molecule has 3 rings (SSSR count). The van der Waals surface area contributed by atoms with E-state index < -0.39 is 0 Å². The largest absolute Gasteiger partial charge is 0.398 e. The highest BCUT2D eigenvalue weighted by Gasteiger charge is 2.24. The molecule has 0 amide bonds. The second kappa shape index (κ2) is 5.25. The molecule has 0 spiro atoms. The Morgan fingerprint density at radius 3 is 3.15 bits per heavy atom. The van der Waals surface area contributed by atoms with E-state index in [1.807, 2.05) is 6.07 Å². The lowest BCUT2D eigenvalue weighted by Crippen LogP contribution is -2.21. The number of anilines is 2. The highest BCUT2D eigenvalue weighted by Crippen LogP contribution is 2.30. The third-order valence-corrected chi connectivity index (χ3v) is 3.95. The maximum Gasteiger partial charge on any atom is 0.150 e. The molecule has 3 N–H and O–H groups in total. The fraction of sp³-hybridized carbons (Fsp3) is 0.400. The Hall–Kier alpha value is -1.88. The summed E-state index contributed by atoms with van der Waals surface area (Å²) in [5.74, 6) is 0.0333. The number of benzene rings is 1. The molecular formula is C15H18FN3O. The fourth-order valence-electron chi connectivity index (χ4n) is 2.68. The van der Waals surface area contributed by atoms with Crippen LogP contribution in [0.4, 0.5) is 15.8 Å². The van der Waals surface area contributed by atoms with Crippen LogP contribution in [0.3, 0.4) is 0 Å². The monoisotopic (exact) mass is 275 g/mol. The van der Waals surface area contributed by atoms with Gasteiger partial charge in [-0.05, 0) is 31.5 Å². The minimum absolute atomic E-state index is 0.207. The lowest BCUT2D eigenvalue weighted by atomic mass is 10.0. The molecule has 0 bridgehead atoms. The third kappa shape index (κ3) is 2.29. The maximum absolute atomic E-state index is 14.1. The third-order valence-electron chi connectivity index (χ3n) is 3.95. The molecule has 1 aliphatic rings. The predicted octanol–water partition coefficient (Wildman–Crippen LogP) is 2.79. The van der Waals surface area contributed by atoms with Crippen molar-refractivity contribution in [2.24, 2.45) is 5.92 Å². The number of nitrogens with one attached hydrogen (secondary N) is 1. The van der Waals surface area contributed by atoms with E-state index in [9.17, 15) is 4.39 Å². The van der Waals surface area contributed by atoms with Gasteiger partial charge < -0.3 is 15.8 Å².